The Kier molecular flexibility index (Phi) is 4.47. The zero-order valence-electron chi connectivity index (χ0n) is 14.8. The SMILES string of the molecule is CC(=O)c1c(C)[nH]c(C(=O)CSc2nc3nc(C)cc(C)n3n2)c1C. The second-order valence-corrected chi connectivity index (χ2v) is 6.98. The van der Waals surface area contributed by atoms with E-state index in [0.717, 1.165) is 17.1 Å². The standard InChI is InChI=1S/C17H19N5O2S/c1-8-6-9(2)22-16(18-8)20-17(21-22)25-7-13(24)15-10(3)14(12(5)23)11(4)19-15/h6,19H,7H2,1-5H3. The van der Waals surface area contributed by atoms with Gasteiger partial charge in [-0.25, -0.2) is 9.50 Å². The van der Waals surface area contributed by atoms with E-state index in [0.29, 0.717) is 27.8 Å². The van der Waals surface area contributed by atoms with Crippen molar-refractivity contribution in [2.45, 2.75) is 39.8 Å². The topological polar surface area (TPSA) is 93.0 Å². The van der Waals surface area contributed by atoms with Crippen LogP contribution in [-0.2, 0) is 0 Å². The third-order valence-corrected chi connectivity index (χ3v) is 4.84. The quantitative estimate of drug-likeness (QED) is 0.557. The smallest absolute Gasteiger partial charge is 0.253 e. The first kappa shape index (κ1) is 17.3. The van der Waals surface area contributed by atoms with E-state index >= 15 is 0 Å². The normalized spacial score (nSPS) is 11.2. The summed E-state index contributed by atoms with van der Waals surface area (Å²) in [4.78, 5) is 35.9. The van der Waals surface area contributed by atoms with E-state index in [1.165, 1.54) is 18.7 Å². The van der Waals surface area contributed by atoms with Crippen LogP contribution < -0.4 is 0 Å². The lowest BCUT2D eigenvalue weighted by Crippen LogP contribution is -2.06. The molecule has 0 radical (unpaired) electrons. The third kappa shape index (κ3) is 3.21. The molecule has 0 fully saturated rings. The molecule has 0 saturated carbocycles. The molecular weight excluding hydrogens is 338 g/mol. The Morgan fingerprint density at radius 1 is 1.20 bits per heavy atom. The van der Waals surface area contributed by atoms with Crippen LogP contribution in [0.15, 0.2) is 11.2 Å². The van der Waals surface area contributed by atoms with E-state index in [1.807, 2.05) is 19.9 Å². The summed E-state index contributed by atoms with van der Waals surface area (Å²) in [5.74, 6) is 0.584. The van der Waals surface area contributed by atoms with Crippen molar-refractivity contribution in [3.05, 3.63) is 40.0 Å². The van der Waals surface area contributed by atoms with Crippen molar-refractivity contribution < 1.29 is 9.59 Å². The van der Waals surface area contributed by atoms with Crippen molar-refractivity contribution >= 4 is 29.1 Å². The molecule has 3 heterocycles. The summed E-state index contributed by atoms with van der Waals surface area (Å²) in [5.41, 5.74) is 4.30. The molecule has 8 heteroatoms. The predicted molar refractivity (Wildman–Crippen MR) is 95.6 cm³/mol. The van der Waals surface area contributed by atoms with Crippen LogP contribution >= 0.6 is 11.8 Å². The number of aromatic amines is 1. The number of hydrogen-bond donors (Lipinski definition) is 1. The number of Topliss-reactive ketones (excluding diaryl/α,β-unsaturated/α-hetero) is 2. The first-order valence-electron chi connectivity index (χ1n) is 7.85. The highest BCUT2D eigenvalue weighted by atomic mass is 32.2. The number of hydrogen-bond acceptors (Lipinski definition) is 6. The molecule has 0 aliphatic rings. The number of H-pyrrole nitrogens is 1. The molecule has 25 heavy (non-hydrogen) atoms. The van der Waals surface area contributed by atoms with Crippen molar-refractivity contribution in [1.82, 2.24) is 24.6 Å². The Morgan fingerprint density at radius 3 is 2.56 bits per heavy atom. The van der Waals surface area contributed by atoms with Gasteiger partial charge in [0.1, 0.15) is 0 Å². The summed E-state index contributed by atoms with van der Waals surface area (Å²) in [7, 11) is 0. The highest BCUT2D eigenvalue weighted by Crippen LogP contribution is 2.22. The molecule has 3 rings (SSSR count). The van der Waals surface area contributed by atoms with Gasteiger partial charge in [-0.1, -0.05) is 11.8 Å². The van der Waals surface area contributed by atoms with Crippen LogP contribution in [0.5, 0.6) is 0 Å². The Bertz CT molecular complexity index is 1000. The van der Waals surface area contributed by atoms with Crippen molar-refractivity contribution in [2.75, 3.05) is 5.75 Å². The van der Waals surface area contributed by atoms with Gasteiger partial charge in [-0.15, -0.1) is 5.10 Å². The molecular formula is C17H19N5O2S. The average molecular weight is 357 g/mol. The predicted octanol–water partition coefficient (Wildman–Crippen LogP) is 2.86. The number of aryl methyl sites for hydroxylation is 3. The van der Waals surface area contributed by atoms with Crippen molar-refractivity contribution in [3.8, 4) is 0 Å². The number of carbonyl (C=O) groups excluding carboxylic acids is 2. The minimum absolute atomic E-state index is 0.0445. The van der Waals surface area contributed by atoms with E-state index in [9.17, 15) is 9.59 Å². The van der Waals surface area contributed by atoms with Gasteiger partial charge >= 0.3 is 0 Å². The van der Waals surface area contributed by atoms with Crippen LogP contribution in [0.1, 0.15) is 50.4 Å². The maximum atomic E-state index is 12.5. The minimum Gasteiger partial charge on any atom is -0.355 e. The minimum atomic E-state index is -0.0854. The summed E-state index contributed by atoms with van der Waals surface area (Å²) >= 11 is 1.26. The molecule has 0 aliphatic heterocycles. The van der Waals surface area contributed by atoms with E-state index in [1.54, 1.807) is 18.4 Å². The van der Waals surface area contributed by atoms with Gasteiger partial charge < -0.3 is 4.98 Å². The van der Waals surface area contributed by atoms with Gasteiger partial charge in [-0.3, -0.25) is 9.59 Å². The molecule has 7 nitrogen and oxygen atoms in total. The maximum Gasteiger partial charge on any atom is 0.253 e. The largest absolute Gasteiger partial charge is 0.355 e. The van der Waals surface area contributed by atoms with E-state index in [4.69, 9.17) is 0 Å². The molecule has 1 N–H and O–H groups in total. The third-order valence-electron chi connectivity index (χ3n) is 4.00. The number of fused-ring (bicyclic) bond motifs is 1. The fourth-order valence-electron chi connectivity index (χ4n) is 2.97. The number of aromatic nitrogens is 5. The summed E-state index contributed by atoms with van der Waals surface area (Å²) < 4.78 is 1.66. The van der Waals surface area contributed by atoms with Crippen LogP contribution in [0.2, 0.25) is 0 Å². The lowest BCUT2D eigenvalue weighted by atomic mass is 10.1. The van der Waals surface area contributed by atoms with E-state index < -0.39 is 0 Å². The molecule has 0 atom stereocenters. The zero-order chi connectivity index (χ0) is 18.3. The highest BCUT2D eigenvalue weighted by Gasteiger charge is 2.20. The first-order valence-corrected chi connectivity index (χ1v) is 8.83. The summed E-state index contributed by atoms with van der Waals surface area (Å²) in [6.45, 7) is 8.93. The monoisotopic (exact) mass is 357 g/mol. The highest BCUT2D eigenvalue weighted by molar-refractivity contribution is 7.99. The number of nitrogens with one attached hydrogen (secondary N) is 1. The van der Waals surface area contributed by atoms with Gasteiger partial charge in [0.2, 0.25) is 5.16 Å². The number of carbonyl (C=O) groups is 2. The van der Waals surface area contributed by atoms with E-state index in [2.05, 4.69) is 20.1 Å². The lowest BCUT2D eigenvalue weighted by Gasteiger charge is -1.99. The van der Waals surface area contributed by atoms with Crippen LogP contribution in [0.4, 0.5) is 0 Å². The number of ketones is 2. The molecule has 0 aromatic carbocycles. The van der Waals surface area contributed by atoms with Gasteiger partial charge in [0.25, 0.3) is 5.78 Å². The van der Waals surface area contributed by atoms with Gasteiger partial charge in [-0.05, 0) is 46.2 Å². The van der Waals surface area contributed by atoms with Gasteiger partial charge in [0.15, 0.2) is 11.6 Å². The second-order valence-electron chi connectivity index (χ2n) is 6.04. The van der Waals surface area contributed by atoms with Gasteiger partial charge in [0, 0.05) is 22.6 Å². The van der Waals surface area contributed by atoms with Crippen LogP contribution in [-0.4, -0.2) is 41.9 Å². The number of nitrogens with zero attached hydrogens (tertiary/aromatic N) is 4. The first-order chi connectivity index (χ1) is 11.8. The molecule has 3 aromatic heterocycles. The Balaban J connectivity index is 1.80. The van der Waals surface area contributed by atoms with Gasteiger partial charge in [-0.2, -0.15) is 4.98 Å². The Labute approximate surface area is 149 Å². The molecule has 0 aliphatic carbocycles. The van der Waals surface area contributed by atoms with Crippen LogP contribution in [0.3, 0.4) is 0 Å². The van der Waals surface area contributed by atoms with Crippen molar-refractivity contribution in [1.29, 1.82) is 0 Å². The van der Waals surface area contributed by atoms with Crippen molar-refractivity contribution in [3.63, 3.8) is 0 Å². The molecule has 0 spiro atoms. The summed E-state index contributed by atoms with van der Waals surface area (Å²) in [6.07, 6.45) is 0. The Morgan fingerprint density at radius 2 is 1.92 bits per heavy atom. The van der Waals surface area contributed by atoms with Gasteiger partial charge in [0.05, 0.1) is 11.4 Å². The number of thioether (sulfide) groups is 1. The van der Waals surface area contributed by atoms with E-state index in [-0.39, 0.29) is 17.3 Å². The molecule has 130 valence electrons. The molecule has 3 aromatic rings. The molecule has 0 unspecified atom stereocenters. The fourth-order valence-corrected chi connectivity index (χ4v) is 3.66. The second kappa shape index (κ2) is 6.44. The Hall–Kier alpha value is -2.48. The fraction of sp³-hybridized carbons (Fsp3) is 0.353. The number of rotatable bonds is 5. The van der Waals surface area contributed by atoms with Crippen LogP contribution in [0.25, 0.3) is 5.78 Å². The maximum absolute atomic E-state index is 12.5. The van der Waals surface area contributed by atoms with Crippen LogP contribution in [0, 0.1) is 27.7 Å². The average Bonchev–Trinajstić information content (AvgIpc) is 3.05. The summed E-state index contributed by atoms with van der Waals surface area (Å²) in [5, 5.41) is 4.88. The lowest BCUT2D eigenvalue weighted by molar-refractivity contribution is 0.101. The molecule has 0 bridgehead atoms. The molecule has 0 saturated heterocycles. The summed E-state index contributed by atoms with van der Waals surface area (Å²) in [6, 6.07) is 1.93. The zero-order valence-corrected chi connectivity index (χ0v) is 15.6. The van der Waals surface area contributed by atoms with Crippen molar-refractivity contribution in [2.24, 2.45) is 0 Å². The molecule has 0 amide bonds.